The quantitative estimate of drug-likeness (QED) is 0.517. The van der Waals surface area contributed by atoms with Gasteiger partial charge >= 0.3 is 6.03 Å². The van der Waals surface area contributed by atoms with Crippen molar-refractivity contribution < 1.29 is 14.0 Å². The number of carbonyl (C=O) groups is 2. The van der Waals surface area contributed by atoms with Crippen LogP contribution in [0.2, 0.25) is 0 Å². The summed E-state index contributed by atoms with van der Waals surface area (Å²) in [5.41, 5.74) is 1.76. The van der Waals surface area contributed by atoms with E-state index in [1.165, 1.54) is 11.8 Å². The van der Waals surface area contributed by atoms with Crippen molar-refractivity contribution in [3.63, 3.8) is 0 Å². The molecule has 0 fully saturated rings. The van der Waals surface area contributed by atoms with Crippen LogP contribution in [0, 0.1) is 0 Å². The van der Waals surface area contributed by atoms with E-state index in [9.17, 15) is 9.59 Å². The number of nitrogens with zero attached hydrogens (tertiary/aromatic N) is 2. The minimum Gasteiger partial charge on any atom is -0.411 e. The summed E-state index contributed by atoms with van der Waals surface area (Å²) in [5.74, 6) is 0.443. The second kappa shape index (κ2) is 10.0. The molecule has 0 bridgehead atoms. The highest BCUT2D eigenvalue weighted by Crippen LogP contribution is 2.29. The summed E-state index contributed by atoms with van der Waals surface area (Å²) in [6, 6.07) is 16.5. The van der Waals surface area contributed by atoms with Crippen LogP contribution in [0.5, 0.6) is 0 Å². The van der Waals surface area contributed by atoms with E-state index in [-0.39, 0.29) is 12.3 Å². The number of imide groups is 1. The van der Waals surface area contributed by atoms with Crippen LogP contribution in [0.4, 0.5) is 4.79 Å². The second-order valence-electron chi connectivity index (χ2n) is 5.67. The maximum absolute atomic E-state index is 11.9. The zero-order valence-electron chi connectivity index (χ0n) is 14.7. The Morgan fingerprint density at radius 3 is 2.57 bits per heavy atom. The lowest BCUT2D eigenvalue weighted by Gasteiger charge is -2.06. The van der Waals surface area contributed by atoms with Crippen LogP contribution >= 0.6 is 27.7 Å². The molecular weight excluding hydrogens is 444 g/mol. The smallest absolute Gasteiger partial charge is 0.321 e. The molecule has 7 nitrogen and oxygen atoms in total. The van der Waals surface area contributed by atoms with E-state index in [1.54, 1.807) is 0 Å². The van der Waals surface area contributed by atoms with Crippen molar-refractivity contribution in [2.45, 2.75) is 18.2 Å². The first-order valence-electron chi connectivity index (χ1n) is 8.44. The van der Waals surface area contributed by atoms with Gasteiger partial charge in [-0.2, -0.15) is 0 Å². The first-order chi connectivity index (χ1) is 13.6. The van der Waals surface area contributed by atoms with Gasteiger partial charge in [0.1, 0.15) is 0 Å². The molecule has 0 spiro atoms. The van der Waals surface area contributed by atoms with Gasteiger partial charge in [-0.3, -0.25) is 10.1 Å². The predicted molar refractivity (Wildman–Crippen MR) is 110 cm³/mol. The first-order valence-corrected chi connectivity index (χ1v) is 10.2. The van der Waals surface area contributed by atoms with E-state index >= 15 is 0 Å². The molecule has 1 heterocycles. The highest BCUT2D eigenvalue weighted by molar-refractivity contribution is 9.10. The number of benzene rings is 2. The van der Waals surface area contributed by atoms with Crippen molar-refractivity contribution in [3.05, 3.63) is 64.6 Å². The van der Waals surface area contributed by atoms with Crippen molar-refractivity contribution in [1.29, 1.82) is 0 Å². The molecule has 0 radical (unpaired) electrons. The first kappa shape index (κ1) is 20.1. The molecule has 3 amide bonds. The average molecular weight is 461 g/mol. The Morgan fingerprint density at radius 1 is 1.04 bits per heavy atom. The van der Waals surface area contributed by atoms with Gasteiger partial charge in [-0.05, 0) is 33.6 Å². The lowest BCUT2D eigenvalue weighted by molar-refractivity contribution is -0.119. The normalized spacial score (nSPS) is 10.5. The molecule has 0 saturated carbocycles. The maximum Gasteiger partial charge on any atom is 0.321 e. The van der Waals surface area contributed by atoms with Crippen LogP contribution < -0.4 is 10.6 Å². The molecule has 0 saturated heterocycles. The fraction of sp³-hybridized carbons (Fsp3) is 0.158. The van der Waals surface area contributed by atoms with Crippen LogP contribution in [0.1, 0.15) is 12.0 Å². The molecule has 1 aromatic heterocycles. The van der Waals surface area contributed by atoms with Crippen molar-refractivity contribution in [3.8, 4) is 11.5 Å². The molecule has 28 heavy (non-hydrogen) atoms. The molecule has 3 aromatic rings. The summed E-state index contributed by atoms with van der Waals surface area (Å²) in [6.45, 7) is 0.356. The van der Waals surface area contributed by atoms with Crippen LogP contribution in [-0.2, 0) is 11.3 Å². The fourth-order valence-electron chi connectivity index (χ4n) is 2.25. The Labute approximate surface area is 174 Å². The van der Waals surface area contributed by atoms with E-state index in [0.717, 1.165) is 15.6 Å². The highest BCUT2D eigenvalue weighted by atomic mass is 79.9. The van der Waals surface area contributed by atoms with Gasteiger partial charge in [-0.1, -0.05) is 54.2 Å². The third-order valence-electron chi connectivity index (χ3n) is 3.61. The number of thioether (sulfide) groups is 1. The lowest BCUT2D eigenvalue weighted by atomic mass is 10.2. The van der Waals surface area contributed by atoms with E-state index in [0.29, 0.717) is 23.4 Å². The van der Waals surface area contributed by atoms with Crippen LogP contribution in [-0.4, -0.2) is 27.9 Å². The number of amides is 3. The third-order valence-corrected chi connectivity index (χ3v) is 5.13. The largest absolute Gasteiger partial charge is 0.411 e. The number of halogens is 1. The van der Waals surface area contributed by atoms with Gasteiger partial charge in [0.05, 0.1) is 5.56 Å². The van der Waals surface area contributed by atoms with E-state index < -0.39 is 6.03 Å². The molecule has 0 aliphatic heterocycles. The summed E-state index contributed by atoms with van der Waals surface area (Å²) >= 11 is 4.70. The Balaban J connectivity index is 1.39. The van der Waals surface area contributed by atoms with Crippen LogP contribution in [0.3, 0.4) is 0 Å². The van der Waals surface area contributed by atoms with Crippen molar-refractivity contribution in [2.24, 2.45) is 0 Å². The molecule has 0 unspecified atom stereocenters. The van der Waals surface area contributed by atoms with Crippen LogP contribution in [0.25, 0.3) is 11.5 Å². The van der Waals surface area contributed by atoms with Crippen molar-refractivity contribution in [1.82, 2.24) is 20.8 Å². The Hall–Kier alpha value is -2.65. The number of hydrogen-bond donors (Lipinski definition) is 2. The number of aromatic nitrogens is 2. The van der Waals surface area contributed by atoms with Gasteiger partial charge in [-0.25, -0.2) is 4.79 Å². The Morgan fingerprint density at radius 2 is 1.79 bits per heavy atom. The number of urea groups is 1. The van der Waals surface area contributed by atoms with Gasteiger partial charge in [0.15, 0.2) is 0 Å². The zero-order chi connectivity index (χ0) is 19.8. The second-order valence-corrected chi connectivity index (χ2v) is 7.57. The number of nitrogens with one attached hydrogen (secondary N) is 2. The van der Waals surface area contributed by atoms with E-state index in [4.69, 9.17) is 4.42 Å². The lowest BCUT2D eigenvalue weighted by Crippen LogP contribution is -2.39. The van der Waals surface area contributed by atoms with Crippen molar-refractivity contribution >= 4 is 39.6 Å². The maximum atomic E-state index is 11.9. The molecular formula is C19H17BrN4O3S. The standard InChI is InChI=1S/C19H17BrN4O3S/c20-15-9-5-4-8-14(15)17-23-24-19(27-17)28-11-10-16(25)22-18(26)21-12-13-6-2-1-3-7-13/h1-9H,10-12H2,(H2,21,22,25,26). The summed E-state index contributed by atoms with van der Waals surface area (Å²) < 4.78 is 6.46. The third kappa shape index (κ3) is 5.93. The SMILES string of the molecule is O=C(CCSc1nnc(-c2ccccc2Br)o1)NC(=O)NCc1ccccc1. The molecule has 0 aliphatic rings. The van der Waals surface area contributed by atoms with Gasteiger partial charge in [-0.15, -0.1) is 10.2 Å². The van der Waals surface area contributed by atoms with Gasteiger partial charge in [0.25, 0.3) is 5.22 Å². The van der Waals surface area contributed by atoms with Crippen molar-refractivity contribution in [2.75, 3.05) is 5.75 Å². The Bertz CT molecular complexity index is 949. The number of hydrogen-bond acceptors (Lipinski definition) is 6. The number of rotatable bonds is 7. The fourth-order valence-corrected chi connectivity index (χ4v) is 3.41. The monoisotopic (exact) mass is 460 g/mol. The van der Waals surface area contributed by atoms with E-state index in [2.05, 4.69) is 36.8 Å². The average Bonchev–Trinajstić information content (AvgIpc) is 3.16. The van der Waals surface area contributed by atoms with Gasteiger partial charge in [0.2, 0.25) is 11.8 Å². The van der Waals surface area contributed by atoms with Gasteiger partial charge < -0.3 is 9.73 Å². The summed E-state index contributed by atoms with van der Waals surface area (Å²) in [5, 5.41) is 13.3. The topological polar surface area (TPSA) is 97.1 Å². The molecule has 3 rings (SSSR count). The minimum atomic E-state index is -0.521. The summed E-state index contributed by atoms with van der Waals surface area (Å²) in [6.07, 6.45) is 0.149. The molecule has 0 aliphatic carbocycles. The molecule has 2 N–H and O–H groups in total. The highest BCUT2D eigenvalue weighted by Gasteiger charge is 2.13. The Kier molecular flexibility index (Phi) is 7.21. The van der Waals surface area contributed by atoms with Gasteiger partial charge in [0, 0.05) is 23.2 Å². The predicted octanol–water partition coefficient (Wildman–Crippen LogP) is 4.01. The molecule has 0 atom stereocenters. The minimum absolute atomic E-state index is 0.149. The zero-order valence-corrected chi connectivity index (χ0v) is 17.1. The van der Waals surface area contributed by atoms with Crippen LogP contribution in [0.15, 0.2) is 68.7 Å². The molecule has 9 heteroatoms. The number of carbonyl (C=O) groups excluding carboxylic acids is 2. The molecule has 2 aromatic carbocycles. The van der Waals surface area contributed by atoms with E-state index in [1.807, 2.05) is 54.6 Å². The molecule has 144 valence electrons. The summed E-state index contributed by atoms with van der Waals surface area (Å²) in [4.78, 5) is 23.6. The summed E-state index contributed by atoms with van der Waals surface area (Å²) in [7, 11) is 0.